The number of para-hydroxylation sites is 1. The molecule has 0 unspecified atom stereocenters. The van der Waals surface area contributed by atoms with Gasteiger partial charge in [-0.15, -0.1) is 0 Å². The third-order valence-electron chi connectivity index (χ3n) is 3.09. The van der Waals surface area contributed by atoms with E-state index in [-0.39, 0.29) is 0 Å². The van der Waals surface area contributed by atoms with E-state index in [0.29, 0.717) is 11.6 Å². The van der Waals surface area contributed by atoms with Crippen LogP contribution in [-0.4, -0.2) is 19.1 Å². The van der Waals surface area contributed by atoms with E-state index in [0.717, 1.165) is 11.5 Å². The summed E-state index contributed by atoms with van der Waals surface area (Å²) in [7, 11) is 3.90. The van der Waals surface area contributed by atoms with Crippen molar-refractivity contribution in [3.63, 3.8) is 0 Å². The number of benzene rings is 1. The molecular formula is C15H18ClN3. The highest BCUT2D eigenvalue weighted by Gasteiger charge is 2.09. The number of nitrogens with zero attached hydrogens (tertiary/aromatic N) is 2. The van der Waals surface area contributed by atoms with E-state index in [9.17, 15) is 0 Å². The number of anilines is 2. The molecule has 0 spiro atoms. The van der Waals surface area contributed by atoms with E-state index in [1.807, 2.05) is 38.4 Å². The molecule has 0 aliphatic heterocycles. The quantitative estimate of drug-likeness (QED) is 0.922. The van der Waals surface area contributed by atoms with Crippen LogP contribution in [-0.2, 0) is 6.54 Å². The van der Waals surface area contributed by atoms with Crippen LogP contribution in [0.2, 0.25) is 5.02 Å². The van der Waals surface area contributed by atoms with Crippen molar-refractivity contribution in [2.24, 2.45) is 0 Å². The van der Waals surface area contributed by atoms with E-state index >= 15 is 0 Å². The summed E-state index contributed by atoms with van der Waals surface area (Å²) in [5.74, 6) is 0.831. The lowest BCUT2D eigenvalue weighted by Crippen LogP contribution is -2.18. The van der Waals surface area contributed by atoms with Crippen LogP contribution in [0.3, 0.4) is 0 Å². The molecule has 0 aliphatic rings. The molecule has 0 amide bonds. The van der Waals surface area contributed by atoms with Crippen molar-refractivity contribution < 1.29 is 0 Å². The molecule has 4 heteroatoms. The van der Waals surface area contributed by atoms with Gasteiger partial charge in [-0.05, 0) is 30.7 Å². The number of rotatable bonds is 4. The first kappa shape index (κ1) is 13.7. The molecule has 2 rings (SSSR count). The SMILES string of the molecule is CNc1ccc(Cl)c(CN(C)c2ccccc2C)n1. The number of nitrogens with one attached hydrogen (secondary N) is 1. The maximum absolute atomic E-state index is 6.21. The average Bonchev–Trinajstić information content (AvgIpc) is 2.41. The summed E-state index contributed by atoms with van der Waals surface area (Å²) >= 11 is 6.21. The third kappa shape index (κ3) is 3.18. The van der Waals surface area contributed by atoms with Gasteiger partial charge in [0.25, 0.3) is 0 Å². The fourth-order valence-electron chi connectivity index (χ4n) is 2.04. The molecule has 1 aromatic carbocycles. The maximum Gasteiger partial charge on any atom is 0.126 e. The van der Waals surface area contributed by atoms with E-state index in [1.54, 1.807) is 0 Å². The Kier molecular flexibility index (Phi) is 4.27. The zero-order valence-corrected chi connectivity index (χ0v) is 12.2. The number of aryl methyl sites for hydroxylation is 1. The van der Waals surface area contributed by atoms with Crippen LogP contribution in [0.1, 0.15) is 11.3 Å². The molecule has 0 bridgehead atoms. The molecule has 2 aromatic rings. The topological polar surface area (TPSA) is 28.2 Å². The van der Waals surface area contributed by atoms with E-state index in [4.69, 9.17) is 11.6 Å². The molecule has 3 nitrogen and oxygen atoms in total. The van der Waals surface area contributed by atoms with Crippen molar-refractivity contribution in [3.05, 3.63) is 52.7 Å². The van der Waals surface area contributed by atoms with Crippen molar-refractivity contribution in [3.8, 4) is 0 Å². The first-order valence-electron chi connectivity index (χ1n) is 6.21. The minimum atomic E-state index is 0.680. The van der Waals surface area contributed by atoms with Crippen LogP contribution >= 0.6 is 11.6 Å². The predicted molar refractivity (Wildman–Crippen MR) is 82.1 cm³/mol. The predicted octanol–water partition coefficient (Wildman–Crippen LogP) is 3.72. The summed E-state index contributed by atoms with van der Waals surface area (Å²) in [6.07, 6.45) is 0. The largest absolute Gasteiger partial charge is 0.373 e. The van der Waals surface area contributed by atoms with E-state index < -0.39 is 0 Å². The Hall–Kier alpha value is -1.74. The Morgan fingerprint density at radius 2 is 1.95 bits per heavy atom. The zero-order chi connectivity index (χ0) is 13.8. The highest BCUT2D eigenvalue weighted by atomic mass is 35.5. The third-order valence-corrected chi connectivity index (χ3v) is 3.43. The zero-order valence-electron chi connectivity index (χ0n) is 11.4. The second-order valence-corrected chi connectivity index (χ2v) is 4.92. The number of hydrogen-bond donors (Lipinski definition) is 1. The van der Waals surface area contributed by atoms with Crippen molar-refractivity contribution in [2.45, 2.75) is 13.5 Å². The van der Waals surface area contributed by atoms with Crippen molar-refractivity contribution in [1.82, 2.24) is 4.98 Å². The molecule has 0 radical (unpaired) electrons. The summed E-state index contributed by atoms with van der Waals surface area (Å²) in [5.41, 5.74) is 3.31. The molecule has 100 valence electrons. The monoisotopic (exact) mass is 275 g/mol. The summed E-state index contributed by atoms with van der Waals surface area (Å²) in [6, 6.07) is 12.0. The van der Waals surface area contributed by atoms with Crippen molar-refractivity contribution in [1.29, 1.82) is 0 Å². The van der Waals surface area contributed by atoms with Gasteiger partial charge in [0, 0.05) is 19.8 Å². The molecule has 1 aromatic heterocycles. The fourth-order valence-corrected chi connectivity index (χ4v) is 2.20. The van der Waals surface area contributed by atoms with Crippen LogP contribution in [0.4, 0.5) is 11.5 Å². The Balaban J connectivity index is 2.24. The molecular weight excluding hydrogens is 258 g/mol. The van der Waals surface area contributed by atoms with Gasteiger partial charge in [0.15, 0.2) is 0 Å². The Labute approximate surface area is 119 Å². The van der Waals surface area contributed by atoms with Crippen molar-refractivity contribution in [2.75, 3.05) is 24.3 Å². The lowest BCUT2D eigenvalue weighted by Gasteiger charge is -2.21. The van der Waals surface area contributed by atoms with Gasteiger partial charge in [-0.1, -0.05) is 29.8 Å². The number of hydrogen-bond acceptors (Lipinski definition) is 3. The van der Waals surface area contributed by atoms with E-state index in [1.165, 1.54) is 11.3 Å². The molecule has 0 saturated carbocycles. The van der Waals surface area contributed by atoms with Gasteiger partial charge in [-0.2, -0.15) is 0 Å². The van der Waals surface area contributed by atoms with Crippen LogP contribution < -0.4 is 10.2 Å². The average molecular weight is 276 g/mol. The molecule has 1 heterocycles. The Morgan fingerprint density at radius 3 is 2.63 bits per heavy atom. The maximum atomic E-state index is 6.21. The normalized spacial score (nSPS) is 10.3. The molecule has 0 aliphatic carbocycles. The first-order chi connectivity index (χ1) is 9.11. The van der Waals surface area contributed by atoms with Gasteiger partial charge in [-0.25, -0.2) is 4.98 Å². The fraction of sp³-hybridized carbons (Fsp3) is 0.267. The summed E-state index contributed by atoms with van der Waals surface area (Å²) in [5, 5.41) is 3.72. The molecule has 19 heavy (non-hydrogen) atoms. The molecule has 0 atom stereocenters. The summed E-state index contributed by atoms with van der Waals surface area (Å²) < 4.78 is 0. The molecule has 0 saturated heterocycles. The van der Waals surface area contributed by atoms with Gasteiger partial charge >= 0.3 is 0 Å². The van der Waals surface area contributed by atoms with Crippen LogP contribution in [0.15, 0.2) is 36.4 Å². The van der Waals surface area contributed by atoms with Gasteiger partial charge in [0.1, 0.15) is 5.82 Å². The number of aromatic nitrogens is 1. The summed E-state index contributed by atoms with van der Waals surface area (Å²) in [4.78, 5) is 6.66. The van der Waals surface area contributed by atoms with E-state index in [2.05, 4.69) is 34.3 Å². The Bertz CT molecular complexity index is 569. The first-order valence-corrected chi connectivity index (χ1v) is 6.59. The van der Waals surface area contributed by atoms with Crippen LogP contribution in [0.5, 0.6) is 0 Å². The minimum Gasteiger partial charge on any atom is -0.373 e. The summed E-state index contributed by atoms with van der Waals surface area (Å²) in [6.45, 7) is 2.78. The number of pyridine rings is 1. The second-order valence-electron chi connectivity index (χ2n) is 4.52. The Morgan fingerprint density at radius 1 is 1.21 bits per heavy atom. The molecule has 1 N–H and O–H groups in total. The van der Waals surface area contributed by atoms with Gasteiger partial charge in [-0.3, -0.25) is 0 Å². The smallest absolute Gasteiger partial charge is 0.126 e. The highest BCUT2D eigenvalue weighted by molar-refractivity contribution is 6.31. The lowest BCUT2D eigenvalue weighted by atomic mass is 10.2. The lowest BCUT2D eigenvalue weighted by molar-refractivity contribution is 0.882. The second kappa shape index (κ2) is 5.93. The standard InChI is InChI=1S/C15H18ClN3/c1-11-6-4-5-7-14(11)19(3)10-13-12(16)8-9-15(17-2)18-13/h4-9H,10H2,1-3H3,(H,17,18). The highest BCUT2D eigenvalue weighted by Crippen LogP contribution is 2.23. The van der Waals surface area contributed by atoms with Crippen LogP contribution in [0.25, 0.3) is 0 Å². The molecule has 0 fully saturated rings. The van der Waals surface area contributed by atoms with Crippen LogP contribution in [0, 0.1) is 6.92 Å². The van der Waals surface area contributed by atoms with Crippen molar-refractivity contribution >= 4 is 23.1 Å². The van der Waals surface area contributed by atoms with Gasteiger partial charge in [0.05, 0.1) is 17.3 Å². The van der Waals surface area contributed by atoms with Gasteiger partial charge < -0.3 is 10.2 Å². The van der Waals surface area contributed by atoms with Gasteiger partial charge in [0.2, 0.25) is 0 Å². The minimum absolute atomic E-state index is 0.680. The number of halogens is 1.